The lowest BCUT2D eigenvalue weighted by Gasteiger charge is -2.13. The summed E-state index contributed by atoms with van der Waals surface area (Å²) in [6, 6.07) is 28.3. The van der Waals surface area contributed by atoms with Crippen LogP contribution in [0.2, 0.25) is 0 Å². The van der Waals surface area contributed by atoms with Gasteiger partial charge in [0.05, 0.1) is 96.3 Å². The summed E-state index contributed by atoms with van der Waals surface area (Å²) in [7, 11) is 5.35. The fourth-order valence-electron chi connectivity index (χ4n) is 7.83. The second kappa shape index (κ2) is 17.0. The molecule has 5 heterocycles. The van der Waals surface area contributed by atoms with Crippen LogP contribution in [0.25, 0.3) is 22.3 Å². The number of carbonyl (C=O) groups excluding carboxylic acids is 4. The quantitative estimate of drug-likeness (QED) is 0.126. The number of carbonyl (C=O) groups is 4. The molecule has 8 bridgehead atoms. The van der Waals surface area contributed by atoms with Gasteiger partial charge in [-0.1, -0.05) is 48.5 Å². The minimum atomic E-state index is -0.464. The van der Waals surface area contributed by atoms with Gasteiger partial charge in [-0.15, -0.1) is 0 Å². The van der Waals surface area contributed by atoms with E-state index in [2.05, 4.69) is 0 Å². The number of hydrogen-bond donors (Lipinski definition) is 0. The molecule has 9 rings (SSSR count). The fraction of sp³-hybridized carbons (Fsp3) is 0.0769. The van der Waals surface area contributed by atoms with Crippen molar-refractivity contribution in [2.45, 2.75) is 0 Å². The lowest BCUT2D eigenvalue weighted by Crippen LogP contribution is -2.05. The molecule has 0 N–H and O–H groups in total. The molecule has 0 spiro atoms. The highest BCUT2D eigenvalue weighted by atomic mass is 16.5. The molecule has 4 aromatic rings. The Bertz CT molecular complexity index is 2670. The third kappa shape index (κ3) is 7.53. The third-order valence-corrected chi connectivity index (χ3v) is 11.0. The number of rotatable bonds is 8. The summed E-state index contributed by atoms with van der Waals surface area (Å²) in [5, 5.41) is 0. The van der Waals surface area contributed by atoms with E-state index >= 15 is 0 Å². The van der Waals surface area contributed by atoms with Crippen LogP contribution in [0.15, 0.2) is 188 Å². The average molecular weight is 845 g/mol. The fourth-order valence-corrected chi connectivity index (χ4v) is 7.83. The predicted octanol–water partition coefficient (Wildman–Crippen LogP) is 8.83. The number of methoxy groups -OCH3 is 4. The van der Waals surface area contributed by atoms with Crippen molar-refractivity contribution < 1.29 is 38.1 Å². The summed E-state index contributed by atoms with van der Waals surface area (Å²) < 4.78 is 19.9. The summed E-state index contributed by atoms with van der Waals surface area (Å²) in [5.74, 6) is -1.86. The van der Waals surface area contributed by atoms with Gasteiger partial charge in [-0.25, -0.2) is 39.1 Å². The van der Waals surface area contributed by atoms with E-state index in [1.165, 1.54) is 28.4 Å². The smallest absolute Gasteiger partial charge is 0.337 e. The Balaban J connectivity index is 1.32. The highest BCUT2D eigenvalue weighted by Crippen LogP contribution is 2.39. The second-order valence-electron chi connectivity index (χ2n) is 14.6. The largest absolute Gasteiger partial charge is 0.465 e. The topological polar surface area (TPSA) is 155 Å². The maximum Gasteiger partial charge on any atom is 0.337 e. The van der Waals surface area contributed by atoms with Crippen LogP contribution < -0.4 is 0 Å². The number of ether oxygens (including phenoxy) is 4. The molecule has 312 valence electrons. The first-order chi connectivity index (χ1) is 31.2. The molecular weight excluding hydrogens is 809 g/mol. The van der Waals surface area contributed by atoms with E-state index in [0.717, 1.165) is 22.3 Å². The lowest BCUT2D eigenvalue weighted by molar-refractivity contribution is 0.0592. The molecule has 5 aliphatic rings. The zero-order valence-electron chi connectivity index (χ0n) is 34.9. The average Bonchev–Trinajstić information content (AvgIpc) is 4.20. The first-order valence-corrected chi connectivity index (χ1v) is 20.0. The SMILES string of the molecule is COC(=O)c1ccc(C2=C3C=CC(=N3)C(c3ccc(C(=O)OC)cc3)=C3C=CC(=N3)C(c3ccc(C(=O)OC)cc3)=C3C=CC(=N3)C(c3ccc(C(=O)OC)cc3)=C3C=CC2=N3)cc1. The van der Waals surface area contributed by atoms with Crippen molar-refractivity contribution in [3.63, 3.8) is 0 Å². The van der Waals surface area contributed by atoms with Crippen molar-refractivity contribution in [3.05, 3.63) is 213 Å². The molecule has 0 saturated heterocycles. The van der Waals surface area contributed by atoms with Gasteiger partial charge >= 0.3 is 23.9 Å². The van der Waals surface area contributed by atoms with Gasteiger partial charge < -0.3 is 18.9 Å². The molecule has 0 radical (unpaired) electrons. The summed E-state index contributed by atoms with van der Waals surface area (Å²) in [4.78, 5) is 70.9. The van der Waals surface area contributed by atoms with E-state index in [0.29, 0.717) is 90.2 Å². The van der Waals surface area contributed by atoms with Crippen molar-refractivity contribution in [3.8, 4) is 0 Å². The summed E-state index contributed by atoms with van der Waals surface area (Å²) >= 11 is 0. The van der Waals surface area contributed by atoms with Crippen LogP contribution in [0.1, 0.15) is 63.7 Å². The number of nitrogens with zero attached hydrogens (tertiary/aromatic N) is 4. The molecule has 0 unspecified atom stereocenters. The van der Waals surface area contributed by atoms with Crippen LogP contribution in [-0.2, 0) is 18.9 Å². The van der Waals surface area contributed by atoms with Crippen molar-refractivity contribution in [1.29, 1.82) is 0 Å². The van der Waals surface area contributed by atoms with Gasteiger partial charge in [0.15, 0.2) is 0 Å². The van der Waals surface area contributed by atoms with Gasteiger partial charge in [-0.2, -0.15) is 0 Å². The van der Waals surface area contributed by atoms with Gasteiger partial charge in [0, 0.05) is 22.3 Å². The Kier molecular flexibility index (Phi) is 10.8. The Morgan fingerprint density at radius 1 is 0.297 bits per heavy atom. The molecule has 0 atom stereocenters. The molecule has 12 nitrogen and oxygen atoms in total. The van der Waals surface area contributed by atoms with Crippen LogP contribution in [0.3, 0.4) is 0 Å². The van der Waals surface area contributed by atoms with Crippen molar-refractivity contribution >= 4 is 69.0 Å². The first-order valence-electron chi connectivity index (χ1n) is 20.0. The summed E-state index contributed by atoms with van der Waals surface area (Å²) in [6.45, 7) is 0. The molecule has 12 heteroatoms. The summed E-state index contributed by atoms with van der Waals surface area (Å²) in [6.07, 6.45) is 15.3. The molecule has 0 amide bonds. The van der Waals surface area contributed by atoms with Gasteiger partial charge in [0.2, 0.25) is 0 Å². The van der Waals surface area contributed by atoms with Crippen molar-refractivity contribution in [2.24, 2.45) is 20.0 Å². The van der Waals surface area contributed by atoms with E-state index in [1.54, 1.807) is 48.5 Å². The van der Waals surface area contributed by atoms with E-state index in [4.69, 9.17) is 38.9 Å². The molecule has 0 fully saturated rings. The molecule has 4 aromatic carbocycles. The van der Waals surface area contributed by atoms with E-state index in [9.17, 15) is 19.2 Å². The molecule has 0 saturated carbocycles. The monoisotopic (exact) mass is 844 g/mol. The van der Waals surface area contributed by atoms with E-state index in [-0.39, 0.29) is 0 Å². The highest BCUT2D eigenvalue weighted by Gasteiger charge is 2.28. The molecular formula is C52H36N4O8. The minimum Gasteiger partial charge on any atom is -0.465 e. The molecule has 5 aliphatic heterocycles. The Hall–Kier alpha value is -8.64. The van der Waals surface area contributed by atoms with Crippen LogP contribution in [0.5, 0.6) is 0 Å². The molecule has 0 aromatic heterocycles. The molecule has 0 aliphatic carbocycles. The summed E-state index contributed by atoms with van der Waals surface area (Å²) in [5.41, 5.74) is 12.1. The second-order valence-corrected chi connectivity index (χ2v) is 14.6. The molecule has 64 heavy (non-hydrogen) atoms. The van der Waals surface area contributed by atoms with Crippen LogP contribution in [0, 0.1) is 0 Å². The van der Waals surface area contributed by atoms with Crippen LogP contribution in [-0.4, -0.2) is 75.2 Å². The zero-order valence-corrected chi connectivity index (χ0v) is 34.9. The Morgan fingerprint density at radius 3 is 0.656 bits per heavy atom. The number of benzene rings is 4. The number of allylic oxidation sites excluding steroid dienone is 12. The number of hydrogen-bond acceptors (Lipinski definition) is 12. The lowest BCUT2D eigenvalue weighted by atomic mass is 9.97. The zero-order chi connectivity index (χ0) is 44.5. The van der Waals surface area contributed by atoms with Gasteiger partial charge in [0.25, 0.3) is 0 Å². The van der Waals surface area contributed by atoms with Crippen molar-refractivity contribution in [1.82, 2.24) is 0 Å². The third-order valence-electron chi connectivity index (χ3n) is 11.0. The van der Waals surface area contributed by atoms with Gasteiger partial charge in [-0.3, -0.25) is 0 Å². The maximum absolute atomic E-state index is 12.5. The van der Waals surface area contributed by atoms with E-state index < -0.39 is 23.9 Å². The van der Waals surface area contributed by atoms with Crippen LogP contribution in [0.4, 0.5) is 0 Å². The number of aliphatic imine (C=N–C) groups is 4. The first kappa shape index (κ1) is 40.7. The van der Waals surface area contributed by atoms with Crippen LogP contribution >= 0.6 is 0 Å². The maximum atomic E-state index is 12.5. The van der Waals surface area contributed by atoms with Crippen molar-refractivity contribution in [2.75, 3.05) is 28.4 Å². The minimum absolute atomic E-state index is 0.385. The van der Waals surface area contributed by atoms with Gasteiger partial charge in [0.1, 0.15) is 0 Å². The van der Waals surface area contributed by atoms with E-state index in [1.807, 2.05) is 97.1 Å². The standard InChI is InChI=1S/C52H36N4O8/c1-61-49(57)33-13-5-29(6-14-33)45-37-21-23-39(53-37)46(30-7-15-34(16-8-30)50(58)62-2)41-25-27-43(55-41)48(32-11-19-36(20-12-32)52(60)64-4)44-28-26-42(56-44)47(40-24-22-38(45)54-40)31-9-17-35(18-10-31)51(59)63-3/h5-28H,1-4H3. The Morgan fingerprint density at radius 2 is 0.484 bits per heavy atom. The Labute approximate surface area is 367 Å². The highest BCUT2D eigenvalue weighted by molar-refractivity contribution is 6.39. The van der Waals surface area contributed by atoms with Gasteiger partial charge in [-0.05, 0) is 119 Å². The normalized spacial score (nSPS) is 15.9. The number of fused-ring (bicyclic) bond motifs is 4. The number of esters is 4. The predicted molar refractivity (Wildman–Crippen MR) is 245 cm³/mol.